The number of thiophene rings is 1. The zero-order valence-corrected chi connectivity index (χ0v) is 13.4. The summed E-state index contributed by atoms with van der Waals surface area (Å²) in [6.45, 7) is 3.14. The first-order chi connectivity index (χ1) is 10.3. The SMILES string of the molecule is CCCNC(c1ccc(Cl)s1)c1cccc2cccnc12. The van der Waals surface area contributed by atoms with Crippen LogP contribution in [-0.4, -0.2) is 11.5 Å². The van der Waals surface area contributed by atoms with Crippen molar-refractivity contribution in [2.45, 2.75) is 19.4 Å². The van der Waals surface area contributed by atoms with Crippen molar-refractivity contribution in [1.82, 2.24) is 10.3 Å². The highest BCUT2D eigenvalue weighted by Gasteiger charge is 2.18. The molecule has 108 valence electrons. The molecule has 0 amide bonds. The van der Waals surface area contributed by atoms with Gasteiger partial charge in [-0.3, -0.25) is 4.98 Å². The van der Waals surface area contributed by atoms with Gasteiger partial charge in [0.25, 0.3) is 0 Å². The van der Waals surface area contributed by atoms with Gasteiger partial charge < -0.3 is 5.32 Å². The third-order valence-electron chi connectivity index (χ3n) is 3.45. The molecule has 0 aliphatic carbocycles. The van der Waals surface area contributed by atoms with E-state index in [-0.39, 0.29) is 6.04 Å². The number of pyridine rings is 1. The van der Waals surface area contributed by atoms with E-state index >= 15 is 0 Å². The Hall–Kier alpha value is -1.42. The molecule has 0 bridgehead atoms. The van der Waals surface area contributed by atoms with E-state index in [1.807, 2.05) is 18.3 Å². The van der Waals surface area contributed by atoms with Crippen LogP contribution >= 0.6 is 22.9 Å². The highest BCUT2D eigenvalue weighted by Crippen LogP contribution is 2.33. The van der Waals surface area contributed by atoms with E-state index in [0.717, 1.165) is 22.8 Å². The monoisotopic (exact) mass is 316 g/mol. The van der Waals surface area contributed by atoms with E-state index in [1.165, 1.54) is 15.8 Å². The van der Waals surface area contributed by atoms with Crippen molar-refractivity contribution in [3.63, 3.8) is 0 Å². The molecule has 3 aromatic rings. The molecule has 0 fully saturated rings. The largest absolute Gasteiger partial charge is 0.306 e. The summed E-state index contributed by atoms with van der Waals surface area (Å²) in [6.07, 6.45) is 2.94. The summed E-state index contributed by atoms with van der Waals surface area (Å²) in [4.78, 5) is 5.80. The van der Waals surface area contributed by atoms with Gasteiger partial charge in [-0.15, -0.1) is 11.3 Å². The predicted molar refractivity (Wildman–Crippen MR) is 91.2 cm³/mol. The van der Waals surface area contributed by atoms with E-state index in [4.69, 9.17) is 11.6 Å². The van der Waals surface area contributed by atoms with E-state index in [1.54, 1.807) is 11.3 Å². The molecule has 2 nitrogen and oxygen atoms in total. The Morgan fingerprint density at radius 1 is 1.19 bits per heavy atom. The van der Waals surface area contributed by atoms with Crippen molar-refractivity contribution in [2.75, 3.05) is 6.54 Å². The Balaban J connectivity index is 2.09. The molecule has 0 radical (unpaired) electrons. The third kappa shape index (κ3) is 3.10. The lowest BCUT2D eigenvalue weighted by Gasteiger charge is -2.19. The Morgan fingerprint density at radius 3 is 2.81 bits per heavy atom. The fraction of sp³-hybridized carbons (Fsp3) is 0.235. The van der Waals surface area contributed by atoms with Crippen LogP contribution in [0.5, 0.6) is 0 Å². The topological polar surface area (TPSA) is 24.9 Å². The number of nitrogens with one attached hydrogen (secondary N) is 1. The van der Waals surface area contributed by atoms with Gasteiger partial charge in [0.05, 0.1) is 15.9 Å². The first kappa shape index (κ1) is 14.5. The molecule has 2 heterocycles. The van der Waals surface area contributed by atoms with E-state index < -0.39 is 0 Å². The van der Waals surface area contributed by atoms with E-state index in [9.17, 15) is 0 Å². The minimum Gasteiger partial charge on any atom is -0.306 e. The first-order valence-electron chi connectivity index (χ1n) is 7.12. The van der Waals surface area contributed by atoms with Crippen molar-refractivity contribution in [3.8, 4) is 0 Å². The zero-order chi connectivity index (χ0) is 14.7. The minimum atomic E-state index is 0.140. The van der Waals surface area contributed by atoms with Crippen molar-refractivity contribution in [1.29, 1.82) is 0 Å². The van der Waals surface area contributed by atoms with Crippen LogP contribution in [0.4, 0.5) is 0 Å². The Bertz CT molecular complexity index is 733. The molecule has 3 rings (SSSR count). The number of benzene rings is 1. The van der Waals surface area contributed by atoms with Crippen molar-refractivity contribution in [3.05, 3.63) is 63.4 Å². The molecule has 0 aliphatic heterocycles. The Kier molecular flexibility index (Phi) is 4.54. The molecule has 2 aromatic heterocycles. The number of nitrogens with zero attached hydrogens (tertiary/aromatic N) is 1. The molecule has 0 saturated heterocycles. The lowest BCUT2D eigenvalue weighted by atomic mass is 10.0. The summed E-state index contributed by atoms with van der Waals surface area (Å²) in [6, 6.07) is 14.6. The van der Waals surface area contributed by atoms with Gasteiger partial charge in [-0.1, -0.05) is 42.8 Å². The molecule has 1 N–H and O–H groups in total. The number of rotatable bonds is 5. The zero-order valence-electron chi connectivity index (χ0n) is 11.8. The van der Waals surface area contributed by atoms with Crippen LogP contribution in [0.1, 0.15) is 29.8 Å². The van der Waals surface area contributed by atoms with Crippen LogP contribution < -0.4 is 5.32 Å². The van der Waals surface area contributed by atoms with E-state index in [0.29, 0.717) is 0 Å². The number of aromatic nitrogens is 1. The Morgan fingerprint density at radius 2 is 2.05 bits per heavy atom. The molecule has 4 heteroatoms. The predicted octanol–water partition coefficient (Wildman–Crippen LogP) is 5.04. The smallest absolute Gasteiger partial charge is 0.0931 e. The van der Waals surface area contributed by atoms with Crippen LogP contribution in [0.25, 0.3) is 10.9 Å². The average molecular weight is 317 g/mol. The number of halogens is 1. The lowest BCUT2D eigenvalue weighted by Crippen LogP contribution is -2.22. The standard InChI is InChI=1S/C17H17ClN2S/c1-2-10-19-17(14-8-9-15(18)21-14)13-7-3-5-12-6-4-11-20-16(12)13/h3-9,11,17,19H,2,10H2,1H3. The van der Waals surface area contributed by atoms with Crippen LogP contribution in [0.2, 0.25) is 4.34 Å². The second kappa shape index (κ2) is 6.56. The third-order valence-corrected chi connectivity index (χ3v) is 4.75. The van der Waals surface area contributed by atoms with Crippen LogP contribution in [0.15, 0.2) is 48.7 Å². The van der Waals surface area contributed by atoms with Gasteiger partial charge in [0.15, 0.2) is 0 Å². The fourth-order valence-electron chi connectivity index (χ4n) is 2.50. The highest BCUT2D eigenvalue weighted by atomic mass is 35.5. The summed E-state index contributed by atoms with van der Waals surface area (Å²) >= 11 is 7.74. The molecule has 21 heavy (non-hydrogen) atoms. The van der Waals surface area contributed by atoms with Crippen molar-refractivity contribution in [2.24, 2.45) is 0 Å². The van der Waals surface area contributed by atoms with Gasteiger partial charge in [0, 0.05) is 22.0 Å². The summed E-state index contributed by atoms with van der Waals surface area (Å²) in [7, 11) is 0. The quantitative estimate of drug-likeness (QED) is 0.713. The van der Waals surface area contributed by atoms with Gasteiger partial charge in [-0.25, -0.2) is 0 Å². The molecule has 1 aromatic carbocycles. The molecule has 0 spiro atoms. The minimum absolute atomic E-state index is 0.140. The first-order valence-corrected chi connectivity index (χ1v) is 8.31. The second-order valence-corrected chi connectivity index (χ2v) is 6.70. The molecule has 1 atom stereocenters. The van der Waals surface area contributed by atoms with Gasteiger partial charge in [-0.2, -0.15) is 0 Å². The molecule has 1 unspecified atom stereocenters. The van der Waals surface area contributed by atoms with Gasteiger partial charge in [0.2, 0.25) is 0 Å². The number of hydrogen-bond acceptors (Lipinski definition) is 3. The van der Waals surface area contributed by atoms with Gasteiger partial charge in [-0.05, 0) is 31.2 Å². The van der Waals surface area contributed by atoms with E-state index in [2.05, 4.69) is 47.6 Å². The van der Waals surface area contributed by atoms with Crippen LogP contribution in [-0.2, 0) is 0 Å². The summed E-state index contributed by atoms with van der Waals surface area (Å²) in [5.74, 6) is 0. The lowest BCUT2D eigenvalue weighted by molar-refractivity contribution is 0.608. The summed E-state index contributed by atoms with van der Waals surface area (Å²) < 4.78 is 0.821. The molecular formula is C17H17ClN2S. The normalized spacial score (nSPS) is 12.7. The maximum absolute atomic E-state index is 6.12. The Labute approximate surface area is 133 Å². The number of fused-ring (bicyclic) bond motifs is 1. The number of para-hydroxylation sites is 1. The maximum atomic E-state index is 6.12. The van der Waals surface area contributed by atoms with Crippen LogP contribution in [0, 0.1) is 0 Å². The van der Waals surface area contributed by atoms with Crippen molar-refractivity contribution < 1.29 is 0 Å². The molecule has 0 aliphatic rings. The van der Waals surface area contributed by atoms with Crippen LogP contribution in [0.3, 0.4) is 0 Å². The average Bonchev–Trinajstić information content (AvgIpc) is 2.94. The fourth-order valence-corrected chi connectivity index (χ4v) is 3.65. The highest BCUT2D eigenvalue weighted by molar-refractivity contribution is 7.16. The molecular weight excluding hydrogens is 300 g/mol. The summed E-state index contributed by atoms with van der Waals surface area (Å²) in [5, 5.41) is 4.79. The molecule has 0 saturated carbocycles. The summed E-state index contributed by atoms with van der Waals surface area (Å²) in [5.41, 5.74) is 2.26. The maximum Gasteiger partial charge on any atom is 0.0931 e. The van der Waals surface area contributed by atoms with Gasteiger partial charge in [0.1, 0.15) is 0 Å². The van der Waals surface area contributed by atoms with Crippen molar-refractivity contribution >= 4 is 33.8 Å². The second-order valence-electron chi connectivity index (χ2n) is 4.95. The number of hydrogen-bond donors (Lipinski definition) is 1. The van der Waals surface area contributed by atoms with Gasteiger partial charge >= 0.3 is 0 Å².